The van der Waals surface area contributed by atoms with Crippen molar-refractivity contribution in [2.24, 2.45) is 0 Å². The highest BCUT2D eigenvalue weighted by Gasteiger charge is 2.47. The summed E-state index contributed by atoms with van der Waals surface area (Å²) in [6.45, 7) is 4.31. The second-order valence-electron chi connectivity index (χ2n) is 7.32. The van der Waals surface area contributed by atoms with Crippen LogP contribution in [0.25, 0.3) is 5.76 Å². The van der Waals surface area contributed by atoms with E-state index in [2.05, 4.69) is 4.90 Å². The van der Waals surface area contributed by atoms with E-state index in [-0.39, 0.29) is 11.3 Å². The maximum atomic E-state index is 12.9. The Morgan fingerprint density at radius 3 is 2.50 bits per heavy atom. The van der Waals surface area contributed by atoms with Crippen LogP contribution < -0.4 is 0 Å². The minimum atomic E-state index is -0.764. The number of carbonyl (C=O) groups excluding carboxylic acids is 2. The molecule has 8 heteroatoms. The highest BCUT2D eigenvalue weighted by Crippen LogP contribution is 2.39. The van der Waals surface area contributed by atoms with Crippen LogP contribution in [0, 0.1) is 0 Å². The van der Waals surface area contributed by atoms with Crippen molar-refractivity contribution >= 4 is 29.1 Å². The summed E-state index contributed by atoms with van der Waals surface area (Å²) in [5, 5.41) is 11.4. The molecule has 3 heterocycles. The van der Waals surface area contributed by atoms with Gasteiger partial charge in [0.25, 0.3) is 11.7 Å². The Bertz CT molecular complexity index is 933. The average molecular weight is 431 g/mol. The van der Waals surface area contributed by atoms with Gasteiger partial charge in [-0.25, -0.2) is 0 Å². The van der Waals surface area contributed by atoms with E-state index in [0.717, 1.165) is 19.6 Å². The number of halogens is 1. The number of Topliss-reactive ketones (excluding diaryl/α,β-unsaturated/α-hetero) is 1. The fourth-order valence-electron chi connectivity index (χ4n) is 3.91. The van der Waals surface area contributed by atoms with Gasteiger partial charge in [0.05, 0.1) is 25.1 Å². The second kappa shape index (κ2) is 9.04. The summed E-state index contributed by atoms with van der Waals surface area (Å²) in [5.41, 5.74) is 0.450. The molecule has 4 rings (SSSR count). The average Bonchev–Trinajstić information content (AvgIpc) is 3.37. The van der Waals surface area contributed by atoms with Gasteiger partial charge in [0, 0.05) is 36.8 Å². The van der Waals surface area contributed by atoms with E-state index in [1.165, 1.54) is 11.2 Å². The molecule has 0 unspecified atom stereocenters. The lowest BCUT2D eigenvalue weighted by Gasteiger charge is -2.28. The molecule has 2 aliphatic rings. The second-order valence-corrected chi connectivity index (χ2v) is 7.76. The zero-order chi connectivity index (χ0) is 21.1. The van der Waals surface area contributed by atoms with Crippen molar-refractivity contribution in [2.75, 3.05) is 39.4 Å². The van der Waals surface area contributed by atoms with Crippen LogP contribution in [-0.4, -0.2) is 66.0 Å². The number of hydrogen-bond donors (Lipinski definition) is 1. The molecule has 2 aromatic rings. The smallest absolute Gasteiger partial charge is 0.295 e. The Balaban J connectivity index is 1.61. The number of aliphatic hydroxyl groups is 1. The van der Waals surface area contributed by atoms with Crippen LogP contribution >= 0.6 is 11.6 Å². The molecular formula is C22H23ClN2O5. The number of hydrogen-bond acceptors (Lipinski definition) is 6. The van der Waals surface area contributed by atoms with Crippen LogP contribution in [0.15, 0.2) is 52.7 Å². The standard InChI is InChI=1S/C22H23ClN2O5/c23-16-6-4-15(5-7-16)20(26)18-19(17-3-1-12-30-17)25(22(28)21(18)27)9-2-8-24-10-13-29-14-11-24/h1,3-7,12,19,26H,2,8-11,13-14H2/t19-/m0/s1. The highest BCUT2D eigenvalue weighted by atomic mass is 35.5. The fourth-order valence-corrected chi connectivity index (χ4v) is 4.03. The maximum Gasteiger partial charge on any atom is 0.295 e. The third-order valence-corrected chi connectivity index (χ3v) is 5.70. The van der Waals surface area contributed by atoms with Gasteiger partial charge >= 0.3 is 0 Å². The summed E-state index contributed by atoms with van der Waals surface area (Å²) >= 11 is 5.93. The molecule has 0 radical (unpaired) electrons. The largest absolute Gasteiger partial charge is 0.507 e. The van der Waals surface area contributed by atoms with E-state index in [9.17, 15) is 14.7 Å². The summed E-state index contributed by atoms with van der Waals surface area (Å²) in [6, 6.07) is 9.12. The van der Waals surface area contributed by atoms with Gasteiger partial charge in [-0.05, 0) is 42.8 Å². The van der Waals surface area contributed by atoms with E-state index in [1.54, 1.807) is 36.4 Å². The zero-order valence-corrected chi connectivity index (χ0v) is 17.2. The molecule has 2 saturated heterocycles. The predicted molar refractivity (Wildman–Crippen MR) is 111 cm³/mol. The highest BCUT2D eigenvalue weighted by molar-refractivity contribution is 6.46. The van der Waals surface area contributed by atoms with E-state index in [4.69, 9.17) is 20.8 Å². The fraction of sp³-hybridized carbons (Fsp3) is 0.364. The number of likely N-dealkylation sites (tertiary alicyclic amines) is 1. The number of ether oxygens (including phenoxy) is 1. The normalized spacial score (nSPS) is 22.0. The molecule has 158 valence electrons. The Kier molecular flexibility index (Phi) is 6.22. The molecule has 1 aromatic carbocycles. The Morgan fingerprint density at radius 2 is 1.83 bits per heavy atom. The van der Waals surface area contributed by atoms with Crippen molar-refractivity contribution in [2.45, 2.75) is 12.5 Å². The number of benzene rings is 1. The van der Waals surface area contributed by atoms with Crippen LogP contribution in [0.3, 0.4) is 0 Å². The number of morpholine rings is 1. The third-order valence-electron chi connectivity index (χ3n) is 5.45. The third kappa shape index (κ3) is 4.14. The van der Waals surface area contributed by atoms with Gasteiger partial charge in [-0.1, -0.05) is 11.6 Å². The lowest BCUT2D eigenvalue weighted by molar-refractivity contribution is -0.140. The first-order valence-corrected chi connectivity index (χ1v) is 10.3. The van der Waals surface area contributed by atoms with Crippen LogP contribution in [-0.2, 0) is 14.3 Å². The van der Waals surface area contributed by atoms with Gasteiger partial charge in [0.2, 0.25) is 0 Å². The molecule has 0 saturated carbocycles. The molecule has 0 aliphatic carbocycles. The van der Waals surface area contributed by atoms with E-state index in [1.807, 2.05) is 0 Å². The number of carbonyl (C=O) groups is 2. The number of furan rings is 1. The minimum absolute atomic E-state index is 0.0312. The topological polar surface area (TPSA) is 83.2 Å². The van der Waals surface area contributed by atoms with Crippen LogP contribution in [0.1, 0.15) is 23.8 Å². The summed E-state index contributed by atoms with van der Waals surface area (Å²) < 4.78 is 10.9. The molecule has 30 heavy (non-hydrogen) atoms. The molecule has 0 bridgehead atoms. The van der Waals surface area contributed by atoms with Crippen molar-refractivity contribution in [3.8, 4) is 0 Å². The number of rotatable bonds is 6. The molecule has 1 atom stereocenters. The van der Waals surface area contributed by atoms with Crippen molar-refractivity contribution in [1.29, 1.82) is 0 Å². The van der Waals surface area contributed by atoms with Gasteiger partial charge < -0.3 is 19.2 Å². The molecule has 1 aromatic heterocycles. The summed E-state index contributed by atoms with van der Waals surface area (Å²) in [5.74, 6) is -1.14. The number of nitrogens with zero attached hydrogens (tertiary/aromatic N) is 2. The van der Waals surface area contributed by atoms with Gasteiger partial charge in [-0.15, -0.1) is 0 Å². The maximum absolute atomic E-state index is 12.9. The van der Waals surface area contributed by atoms with Crippen molar-refractivity contribution in [3.05, 3.63) is 64.6 Å². The molecule has 1 N–H and O–H groups in total. The van der Waals surface area contributed by atoms with Crippen LogP contribution in [0.4, 0.5) is 0 Å². The SMILES string of the molecule is O=C1C(=O)N(CCCN2CCOCC2)[C@@H](c2ccco2)C1=C(O)c1ccc(Cl)cc1. The predicted octanol–water partition coefficient (Wildman–Crippen LogP) is 3.08. The van der Waals surface area contributed by atoms with E-state index >= 15 is 0 Å². The molecule has 1 amide bonds. The Hall–Kier alpha value is -2.61. The van der Waals surface area contributed by atoms with Crippen LogP contribution in [0.2, 0.25) is 5.02 Å². The summed E-state index contributed by atoms with van der Waals surface area (Å²) in [7, 11) is 0. The van der Waals surface area contributed by atoms with Crippen molar-refractivity contribution in [3.63, 3.8) is 0 Å². The van der Waals surface area contributed by atoms with E-state index < -0.39 is 17.7 Å². The van der Waals surface area contributed by atoms with Crippen molar-refractivity contribution < 1.29 is 23.8 Å². The quantitative estimate of drug-likeness (QED) is 0.431. The first kappa shape index (κ1) is 20.7. The monoisotopic (exact) mass is 430 g/mol. The summed E-state index contributed by atoms with van der Waals surface area (Å²) in [4.78, 5) is 29.5. The van der Waals surface area contributed by atoms with Gasteiger partial charge in [0.15, 0.2) is 0 Å². The van der Waals surface area contributed by atoms with Gasteiger partial charge in [-0.2, -0.15) is 0 Å². The Morgan fingerprint density at radius 1 is 1.10 bits per heavy atom. The number of ketones is 1. The summed E-state index contributed by atoms with van der Waals surface area (Å²) in [6.07, 6.45) is 2.19. The number of aliphatic hydroxyl groups excluding tert-OH is 1. The first-order valence-electron chi connectivity index (χ1n) is 9.94. The molecule has 7 nitrogen and oxygen atoms in total. The molecule has 0 spiro atoms. The van der Waals surface area contributed by atoms with Gasteiger partial charge in [-0.3, -0.25) is 14.5 Å². The lowest BCUT2D eigenvalue weighted by atomic mass is 9.99. The van der Waals surface area contributed by atoms with Crippen LogP contribution in [0.5, 0.6) is 0 Å². The first-order chi connectivity index (χ1) is 14.6. The zero-order valence-electron chi connectivity index (χ0n) is 16.4. The Labute approximate surface area is 179 Å². The molecular weight excluding hydrogens is 408 g/mol. The lowest BCUT2D eigenvalue weighted by Crippen LogP contribution is -2.38. The molecule has 2 fully saturated rings. The van der Waals surface area contributed by atoms with Gasteiger partial charge in [0.1, 0.15) is 17.6 Å². The van der Waals surface area contributed by atoms with Crippen molar-refractivity contribution in [1.82, 2.24) is 9.80 Å². The molecule has 2 aliphatic heterocycles. The number of amides is 1. The minimum Gasteiger partial charge on any atom is -0.507 e. The van der Waals surface area contributed by atoms with E-state index in [0.29, 0.717) is 42.5 Å².